The Labute approximate surface area is 158 Å². The number of aliphatic hydroxyl groups excluding tert-OH is 2. The fourth-order valence-corrected chi connectivity index (χ4v) is 7.12. The van der Waals surface area contributed by atoms with Crippen molar-refractivity contribution in [2.75, 3.05) is 6.61 Å². The number of aliphatic hydroxyl groups is 2. The largest absolute Gasteiger partial charge is 0.393 e. The van der Waals surface area contributed by atoms with Crippen molar-refractivity contribution in [3.05, 3.63) is 28.7 Å². The molecular formula is C21H27NO5. The summed E-state index contributed by atoms with van der Waals surface area (Å²) >= 11 is 0. The van der Waals surface area contributed by atoms with Crippen LogP contribution in [0.2, 0.25) is 0 Å². The van der Waals surface area contributed by atoms with Gasteiger partial charge in [-0.15, -0.1) is 4.91 Å². The van der Waals surface area contributed by atoms with Gasteiger partial charge in [0, 0.05) is 16.7 Å². The molecule has 7 atom stereocenters. The molecule has 0 amide bonds. The minimum absolute atomic E-state index is 0.00496. The van der Waals surface area contributed by atoms with Crippen molar-refractivity contribution in [1.29, 1.82) is 0 Å². The number of carbonyl (C=O) groups excluding carboxylic acids is 2. The van der Waals surface area contributed by atoms with Crippen LogP contribution in [0.25, 0.3) is 0 Å². The standard InChI is InChI=1S/C21H27NO5/c1-19-7-5-13(24)9-12(19)3-4-14-15-6-8-21(22-27,17(26)11-23)20(15,2)10-16(25)18(14)19/h5,7,9,14-16,18,23,25H,3-4,6,8,10-11H2,1-2H3/t14-,15?,16?,18?,19?,20?,21-/m0/s1. The summed E-state index contributed by atoms with van der Waals surface area (Å²) in [5.74, 6) is -0.350. The molecule has 0 heterocycles. The lowest BCUT2D eigenvalue weighted by molar-refractivity contribution is -0.144. The van der Waals surface area contributed by atoms with Crippen molar-refractivity contribution in [3.63, 3.8) is 0 Å². The highest BCUT2D eigenvalue weighted by atomic mass is 16.3. The Bertz CT molecular complexity index is 773. The van der Waals surface area contributed by atoms with E-state index in [0.717, 1.165) is 18.4 Å². The molecule has 4 rings (SSSR count). The Hall–Kier alpha value is -1.66. The molecule has 3 saturated carbocycles. The molecule has 2 N–H and O–H groups in total. The number of nitrogens with zero attached hydrogens (tertiary/aromatic N) is 1. The van der Waals surface area contributed by atoms with Crippen LogP contribution < -0.4 is 0 Å². The molecule has 4 aliphatic rings. The molecular weight excluding hydrogens is 346 g/mol. The normalized spacial score (nSPS) is 48.3. The highest BCUT2D eigenvalue weighted by molar-refractivity contribution is 6.01. The van der Waals surface area contributed by atoms with Gasteiger partial charge in [0.1, 0.15) is 6.61 Å². The molecule has 6 heteroatoms. The van der Waals surface area contributed by atoms with Crippen molar-refractivity contribution >= 4 is 11.6 Å². The number of ketones is 2. The van der Waals surface area contributed by atoms with Gasteiger partial charge in [0.2, 0.25) is 0 Å². The number of allylic oxidation sites excluding steroid dienone is 4. The van der Waals surface area contributed by atoms with Gasteiger partial charge in [0.15, 0.2) is 17.1 Å². The molecule has 0 aromatic rings. The second-order valence-corrected chi connectivity index (χ2v) is 9.28. The van der Waals surface area contributed by atoms with Gasteiger partial charge < -0.3 is 10.2 Å². The number of hydrogen-bond acceptors (Lipinski definition) is 6. The molecule has 0 saturated heterocycles. The fourth-order valence-electron chi connectivity index (χ4n) is 7.12. The predicted molar refractivity (Wildman–Crippen MR) is 98.6 cm³/mol. The Morgan fingerprint density at radius 1 is 1.33 bits per heavy atom. The van der Waals surface area contributed by atoms with Crippen LogP contribution in [0.3, 0.4) is 0 Å². The molecule has 0 aromatic heterocycles. The zero-order valence-corrected chi connectivity index (χ0v) is 15.9. The van der Waals surface area contributed by atoms with Crippen LogP contribution in [0, 0.1) is 33.5 Å². The second-order valence-electron chi connectivity index (χ2n) is 9.28. The van der Waals surface area contributed by atoms with E-state index in [1.165, 1.54) is 0 Å². The average molecular weight is 373 g/mol. The third-order valence-corrected chi connectivity index (χ3v) is 8.41. The van der Waals surface area contributed by atoms with Gasteiger partial charge in [-0.1, -0.05) is 30.7 Å². The zero-order valence-electron chi connectivity index (χ0n) is 15.9. The molecule has 27 heavy (non-hydrogen) atoms. The monoisotopic (exact) mass is 373 g/mol. The van der Waals surface area contributed by atoms with Gasteiger partial charge in [-0.05, 0) is 56.1 Å². The van der Waals surface area contributed by atoms with E-state index in [2.05, 4.69) is 12.1 Å². The van der Waals surface area contributed by atoms with E-state index in [-0.39, 0.29) is 29.0 Å². The number of hydrogen-bond donors (Lipinski definition) is 2. The highest BCUT2D eigenvalue weighted by Gasteiger charge is 2.69. The second kappa shape index (κ2) is 5.92. The summed E-state index contributed by atoms with van der Waals surface area (Å²) in [5, 5.41) is 23.9. The smallest absolute Gasteiger partial charge is 0.189 e. The van der Waals surface area contributed by atoms with E-state index in [4.69, 9.17) is 0 Å². The van der Waals surface area contributed by atoms with Crippen LogP contribution >= 0.6 is 0 Å². The summed E-state index contributed by atoms with van der Waals surface area (Å²) in [5.41, 5.74) is -1.50. The Morgan fingerprint density at radius 3 is 2.74 bits per heavy atom. The molecule has 0 radical (unpaired) electrons. The van der Waals surface area contributed by atoms with Crippen molar-refractivity contribution in [2.45, 2.75) is 57.6 Å². The molecule has 0 aromatic carbocycles. The first-order chi connectivity index (χ1) is 12.7. The molecule has 146 valence electrons. The lowest BCUT2D eigenvalue weighted by Crippen LogP contribution is -2.61. The number of nitroso groups, excluding NO2 is 1. The van der Waals surface area contributed by atoms with Gasteiger partial charge in [-0.2, -0.15) is 0 Å². The minimum atomic E-state index is -1.45. The average Bonchev–Trinajstić information content (AvgIpc) is 2.94. The summed E-state index contributed by atoms with van der Waals surface area (Å²) in [6.07, 6.45) is 7.47. The molecule has 6 nitrogen and oxygen atoms in total. The van der Waals surface area contributed by atoms with Crippen molar-refractivity contribution in [1.82, 2.24) is 0 Å². The molecule has 0 aliphatic heterocycles. The van der Waals surface area contributed by atoms with Crippen LogP contribution in [0.5, 0.6) is 0 Å². The van der Waals surface area contributed by atoms with Crippen molar-refractivity contribution in [3.8, 4) is 0 Å². The van der Waals surface area contributed by atoms with E-state index < -0.39 is 29.4 Å². The summed E-state index contributed by atoms with van der Waals surface area (Å²) in [6, 6.07) is 0. The van der Waals surface area contributed by atoms with Crippen LogP contribution in [0.15, 0.2) is 29.0 Å². The fraction of sp³-hybridized carbons (Fsp3) is 0.714. The first-order valence-electron chi connectivity index (χ1n) is 9.84. The maximum atomic E-state index is 12.5. The van der Waals surface area contributed by atoms with Crippen LogP contribution in [0.4, 0.5) is 0 Å². The van der Waals surface area contributed by atoms with Crippen LogP contribution in [-0.2, 0) is 9.59 Å². The minimum Gasteiger partial charge on any atom is -0.393 e. The maximum absolute atomic E-state index is 12.5. The number of Topliss-reactive ketones (excluding diaryl/α,β-unsaturated/α-hetero) is 1. The Morgan fingerprint density at radius 2 is 2.07 bits per heavy atom. The van der Waals surface area contributed by atoms with E-state index in [1.807, 2.05) is 13.0 Å². The summed E-state index contributed by atoms with van der Waals surface area (Å²) in [4.78, 5) is 36.2. The number of carbonyl (C=O) groups is 2. The van der Waals surface area contributed by atoms with Crippen LogP contribution in [0.1, 0.15) is 46.0 Å². The quantitative estimate of drug-likeness (QED) is 0.739. The lowest BCUT2D eigenvalue weighted by atomic mass is 9.46. The summed E-state index contributed by atoms with van der Waals surface area (Å²) in [7, 11) is 0. The zero-order chi connectivity index (χ0) is 19.6. The number of rotatable bonds is 3. The van der Waals surface area contributed by atoms with Gasteiger partial charge in [-0.3, -0.25) is 9.59 Å². The highest BCUT2D eigenvalue weighted by Crippen LogP contribution is 2.67. The first-order valence-corrected chi connectivity index (χ1v) is 9.84. The molecule has 0 spiro atoms. The van der Waals surface area contributed by atoms with Crippen molar-refractivity contribution in [2.24, 2.45) is 33.8 Å². The molecule has 0 bridgehead atoms. The summed E-state index contributed by atoms with van der Waals surface area (Å²) < 4.78 is 0. The van der Waals surface area contributed by atoms with E-state index >= 15 is 0 Å². The Kier molecular flexibility index (Phi) is 4.10. The van der Waals surface area contributed by atoms with Gasteiger partial charge >= 0.3 is 0 Å². The third-order valence-electron chi connectivity index (χ3n) is 8.41. The molecule has 5 unspecified atom stereocenters. The lowest BCUT2D eigenvalue weighted by Gasteiger charge is -2.59. The maximum Gasteiger partial charge on any atom is 0.189 e. The first kappa shape index (κ1) is 18.7. The van der Waals surface area contributed by atoms with Gasteiger partial charge in [-0.25, -0.2) is 0 Å². The van der Waals surface area contributed by atoms with Gasteiger partial charge in [0.25, 0.3) is 0 Å². The van der Waals surface area contributed by atoms with E-state index in [0.29, 0.717) is 19.3 Å². The molecule has 3 fully saturated rings. The molecule has 4 aliphatic carbocycles. The van der Waals surface area contributed by atoms with E-state index in [1.54, 1.807) is 12.2 Å². The number of fused-ring (bicyclic) bond motifs is 5. The topological polar surface area (TPSA) is 104 Å². The third kappa shape index (κ3) is 2.20. The van der Waals surface area contributed by atoms with Crippen LogP contribution in [-0.4, -0.2) is 40.0 Å². The SMILES string of the molecule is CC12C=CC(=O)C=C1CC[C@@H]1C2C(O)CC2(C)C1CC[C@]2(N=O)C(=O)CO. The Balaban J connectivity index is 1.77. The van der Waals surface area contributed by atoms with Gasteiger partial charge in [0.05, 0.1) is 6.10 Å². The van der Waals surface area contributed by atoms with E-state index in [9.17, 15) is 24.7 Å². The predicted octanol–water partition coefficient (Wildman–Crippen LogP) is 2.33. The van der Waals surface area contributed by atoms with Crippen molar-refractivity contribution < 1.29 is 19.8 Å². The summed E-state index contributed by atoms with van der Waals surface area (Å²) in [6.45, 7) is 3.28.